The predicted molar refractivity (Wildman–Crippen MR) is 79.9 cm³/mol. The SMILES string of the molecule is CC(NS(=O)(=O)c1cccnc1C(N)=S)c1nncn1C. The van der Waals surface area contributed by atoms with Gasteiger partial charge in [-0.05, 0) is 19.1 Å². The van der Waals surface area contributed by atoms with Crippen LogP contribution in [0.4, 0.5) is 0 Å². The van der Waals surface area contributed by atoms with Crippen molar-refractivity contribution in [3.05, 3.63) is 36.2 Å². The summed E-state index contributed by atoms with van der Waals surface area (Å²) in [4.78, 5) is 3.77. The number of rotatable bonds is 5. The van der Waals surface area contributed by atoms with Gasteiger partial charge in [0.25, 0.3) is 0 Å². The molecule has 2 aromatic heterocycles. The average Bonchev–Trinajstić information content (AvgIpc) is 2.84. The van der Waals surface area contributed by atoms with Crippen LogP contribution in [0.2, 0.25) is 0 Å². The highest BCUT2D eigenvalue weighted by molar-refractivity contribution is 7.89. The Morgan fingerprint density at radius 3 is 2.81 bits per heavy atom. The monoisotopic (exact) mass is 326 g/mol. The predicted octanol–water partition coefficient (Wildman–Crippen LogP) is -0.116. The summed E-state index contributed by atoms with van der Waals surface area (Å²) in [5, 5.41) is 7.59. The van der Waals surface area contributed by atoms with Crippen molar-refractivity contribution < 1.29 is 8.42 Å². The maximum Gasteiger partial charge on any atom is 0.243 e. The Kier molecular flexibility index (Phi) is 4.30. The molecule has 0 spiro atoms. The van der Waals surface area contributed by atoms with Crippen LogP contribution in [0, 0.1) is 0 Å². The maximum atomic E-state index is 12.5. The normalized spacial score (nSPS) is 13.0. The molecule has 21 heavy (non-hydrogen) atoms. The van der Waals surface area contributed by atoms with Gasteiger partial charge in [0.05, 0.1) is 6.04 Å². The first-order chi connectivity index (χ1) is 9.83. The summed E-state index contributed by atoms with van der Waals surface area (Å²) in [6, 6.07) is 2.33. The lowest BCUT2D eigenvalue weighted by Gasteiger charge is -2.14. The number of hydrogen-bond donors (Lipinski definition) is 2. The molecule has 0 amide bonds. The topological polar surface area (TPSA) is 116 Å². The molecule has 0 aliphatic rings. The number of thiocarbonyl (C=S) groups is 1. The van der Waals surface area contributed by atoms with Crippen LogP contribution in [-0.4, -0.2) is 33.2 Å². The highest BCUT2D eigenvalue weighted by atomic mass is 32.2. The van der Waals surface area contributed by atoms with Crippen molar-refractivity contribution in [2.45, 2.75) is 17.9 Å². The molecule has 0 radical (unpaired) electrons. The van der Waals surface area contributed by atoms with Gasteiger partial charge in [-0.2, -0.15) is 0 Å². The van der Waals surface area contributed by atoms with Crippen molar-refractivity contribution in [1.82, 2.24) is 24.5 Å². The van der Waals surface area contributed by atoms with E-state index in [1.54, 1.807) is 18.5 Å². The van der Waals surface area contributed by atoms with E-state index in [1.807, 2.05) is 0 Å². The van der Waals surface area contributed by atoms with Gasteiger partial charge in [-0.25, -0.2) is 13.1 Å². The van der Waals surface area contributed by atoms with E-state index in [2.05, 4.69) is 19.9 Å². The molecule has 10 heteroatoms. The fourth-order valence-corrected chi connectivity index (χ4v) is 3.43. The van der Waals surface area contributed by atoms with E-state index in [1.165, 1.54) is 24.7 Å². The van der Waals surface area contributed by atoms with Gasteiger partial charge in [0, 0.05) is 13.2 Å². The molecular weight excluding hydrogens is 312 g/mol. The second-order valence-corrected chi connectivity index (χ2v) is 6.48. The number of nitrogens with one attached hydrogen (secondary N) is 1. The molecule has 2 aromatic rings. The molecule has 1 unspecified atom stereocenters. The Balaban J connectivity index is 2.36. The first-order valence-corrected chi connectivity index (χ1v) is 7.83. The van der Waals surface area contributed by atoms with Crippen LogP contribution in [0.5, 0.6) is 0 Å². The molecule has 0 bridgehead atoms. The molecule has 0 aliphatic heterocycles. The standard InChI is InChI=1S/C11H14N6O2S2/c1-7(11-15-14-6-17(11)2)16-21(18,19)8-4-3-5-13-9(8)10(12)20/h3-7,16H,1-2H3,(H2,12,20). The van der Waals surface area contributed by atoms with Gasteiger partial charge in [-0.1, -0.05) is 12.2 Å². The summed E-state index contributed by atoms with van der Waals surface area (Å²) in [7, 11) is -2.11. The second kappa shape index (κ2) is 5.84. The number of aryl methyl sites for hydroxylation is 1. The quantitative estimate of drug-likeness (QED) is 0.736. The van der Waals surface area contributed by atoms with Crippen LogP contribution in [0.1, 0.15) is 24.5 Å². The van der Waals surface area contributed by atoms with E-state index in [-0.39, 0.29) is 15.6 Å². The largest absolute Gasteiger partial charge is 0.388 e. The van der Waals surface area contributed by atoms with Crippen LogP contribution in [-0.2, 0) is 17.1 Å². The van der Waals surface area contributed by atoms with Crippen molar-refractivity contribution in [2.24, 2.45) is 12.8 Å². The Morgan fingerprint density at radius 1 is 1.52 bits per heavy atom. The van der Waals surface area contributed by atoms with E-state index in [0.717, 1.165) is 0 Å². The zero-order chi connectivity index (χ0) is 15.6. The van der Waals surface area contributed by atoms with Crippen molar-refractivity contribution in [2.75, 3.05) is 0 Å². The highest BCUT2D eigenvalue weighted by Crippen LogP contribution is 2.17. The van der Waals surface area contributed by atoms with Crippen molar-refractivity contribution in [3.8, 4) is 0 Å². The number of hydrogen-bond acceptors (Lipinski definition) is 6. The third-order valence-corrected chi connectivity index (χ3v) is 4.52. The van der Waals surface area contributed by atoms with Crippen LogP contribution in [0.25, 0.3) is 0 Å². The minimum atomic E-state index is -3.84. The summed E-state index contributed by atoms with van der Waals surface area (Å²) in [6.45, 7) is 1.67. The maximum absolute atomic E-state index is 12.5. The third kappa shape index (κ3) is 3.23. The molecule has 0 fully saturated rings. The zero-order valence-corrected chi connectivity index (χ0v) is 13.0. The summed E-state index contributed by atoms with van der Waals surface area (Å²) >= 11 is 4.83. The molecule has 8 nitrogen and oxygen atoms in total. The highest BCUT2D eigenvalue weighted by Gasteiger charge is 2.24. The van der Waals surface area contributed by atoms with Crippen LogP contribution < -0.4 is 10.5 Å². The number of nitrogens with zero attached hydrogens (tertiary/aromatic N) is 4. The lowest BCUT2D eigenvalue weighted by molar-refractivity contribution is 0.552. The summed E-state index contributed by atoms with van der Waals surface area (Å²) < 4.78 is 29.0. The van der Waals surface area contributed by atoms with Crippen LogP contribution >= 0.6 is 12.2 Å². The summed E-state index contributed by atoms with van der Waals surface area (Å²) in [5.74, 6) is 0.486. The van der Waals surface area contributed by atoms with Crippen LogP contribution in [0.15, 0.2) is 29.6 Å². The number of nitrogens with two attached hydrogens (primary N) is 1. The van der Waals surface area contributed by atoms with E-state index in [9.17, 15) is 8.42 Å². The van der Waals surface area contributed by atoms with E-state index in [4.69, 9.17) is 18.0 Å². The smallest absolute Gasteiger partial charge is 0.243 e. The van der Waals surface area contributed by atoms with Gasteiger partial charge in [0.2, 0.25) is 10.0 Å². The molecule has 2 heterocycles. The van der Waals surface area contributed by atoms with Gasteiger partial charge >= 0.3 is 0 Å². The fourth-order valence-electron chi connectivity index (χ4n) is 1.83. The minimum Gasteiger partial charge on any atom is -0.388 e. The average molecular weight is 326 g/mol. The van der Waals surface area contributed by atoms with Gasteiger partial charge < -0.3 is 10.3 Å². The lowest BCUT2D eigenvalue weighted by Crippen LogP contribution is -2.30. The van der Waals surface area contributed by atoms with Gasteiger partial charge in [-0.3, -0.25) is 4.98 Å². The fraction of sp³-hybridized carbons (Fsp3) is 0.273. The Morgan fingerprint density at radius 2 is 2.24 bits per heavy atom. The summed E-state index contributed by atoms with van der Waals surface area (Å²) in [6.07, 6.45) is 2.92. The number of pyridine rings is 1. The van der Waals surface area contributed by atoms with Crippen molar-refractivity contribution in [1.29, 1.82) is 0 Å². The van der Waals surface area contributed by atoms with E-state index < -0.39 is 16.1 Å². The van der Waals surface area contributed by atoms with Crippen molar-refractivity contribution in [3.63, 3.8) is 0 Å². The number of aromatic nitrogens is 4. The zero-order valence-electron chi connectivity index (χ0n) is 11.4. The second-order valence-electron chi connectivity index (χ2n) is 4.36. The molecule has 112 valence electrons. The Labute approximate surface area is 127 Å². The van der Waals surface area contributed by atoms with Crippen LogP contribution in [0.3, 0.4) is 0 Å². The van der Waals surface area contributed by atoms with E-state index >= 15 is 0 Å². The Bertz CT molecular complexity index is 771. The molecule has 0 saturated carbocycles. The van der Waals surface area contributed by atoms with E-state index in [0.29, 0.717) is 5.82 Å². The molecular formula is C11H14N6O2S2. The minimum absolute atomic E-state index is 0.0603. The van der Waals surface area contributed by atoms with Gasteiger partial charge in [0.15, 0.2) is 0 Å². The third-order valence-electron chi connectivity index (χ3n) is 2.76. The van der Waals surface area contributed by atoms with Gasteiger partial charge in [-0.15, -0.1) is 10.2 Å². The molecule has 3 N–H and O–H groups in total. The molecule has 0 aromatic carbocycles. The van der Waals surface area contributed by atoms with Gasteiger partial charge in [0.1, 0.15) is 27.7 Å². The first-order valence-electron chi connectivity index (χ1n) is 5.94. The van der Waals surface area contributed by atoms with Crippen molar-refractivity contribution >= 4 is 27.2 Å². The Hall–Kier alpha value is -1.91. The summed E-state index contributed by atoms with van der Waals surface area (Å²) in [5.41, 5.74) is 5.57. The first kappa shape index (κ1) is 15.5. The number of sulfonamides is 1. The lowest BCUT2D eigenvalue weighted by atomic mass is 10.3. The molecule has 2 rings (SSSR count). The molecule has 1 atom stereocenters. The molecule has 0 saturated heterocycles. The molecule has 0 aliphatic carbocycles.